The third-order valence-corrected chi connectivity index (χ3v) is 5.05. The molecule has 120 valence electrons. The normalized spacial score (nSPS) is 18.4. The van der Waals surface area contributed by atoms with Crippen molar-refractivity contribution >= 4 is 28.2 Å². The highest BCUT2D eigenvalue weighted by molar-refractivity contribution is 7.15. The molecule has 0 spiro atoms. The quantitative estimate of drug-likeness (QED) is 0.818. The van der Waals surface area contributed by atoms with Gasteiger partial charge < -0.3 is 10.1 Å². The number of anilines is 1. The van der Waals surface area contributed by atoms with Crippen molar-refractivity contribution in [3.63, 3.8) is 0 Å². The Hall–Kier alpha value is -1.40. The number of hydrogen-bond donors (Lipinski definition) is 1. The van der Waals surface area contributed by atoms with Crippen LogP contribution in [0.1, 0.15) is 54.4 Å². The van der Waals surface area contributed by atoms with Crippen LogP contribution >= 0.6 is 11.3 Å². The van der Waals surface area contributed by atoms with Crippen LogP contribution in [0.2, 0.25) is 0 Å². The standard InChI is InChI=1S/C16H22N2O3S/c1-2-21-16(20)14-12(11-5-6-11)10-22-15(14)17-13(19)9-18-7-3-4-8-18/h10-11H,2-9H2,1H3,(H,17,19). The van der Waals surface area contributed by atoms with Crippen molar-refractivity contribution in [2.45, 2.75) is 38.5 Å². The Bertz CT molecular complexity index is 560. The van der Waals surface area contributed by atoms with Crippen LogP contribution in [0.25, 0.3) is 0 Å². The predicted molar refractivity (Wildman–Crippen MR) is 86.6 cm³/mol. The van der Waals surface area contributed by atoms with Gasteiger partial charge in [0.05, 0.1) is 18.7 Å². The van der Waals surface area contributed by atoms with Crippen molar-refractivity contribution in [2.75, 3.05) is 31.6 Å². The molecule has 1 aliphatic heterocycles. The van der Waals surface area contributed by atoms with E-state index in [-0.39, 0.29) is 11.9 Å². The van der Waals surface area contributed by atoms with Crippen molar-refractivity contribution in [2.24, 2.45) is 0 Å². The lowest BCUT2D eigenvalue weighted by Gasteiger charge is -2.14. The first-order valence-corrected chi connectivity index (χ1v) is 8.87. The molecule has 1 aromatic rings. The number of esters is 1. The van der Waals surface area contributed by atoms with Gasteiger partial charge in [0.2, 0.25) is 5.91 Å². The number of thiophene rings is 1. The lowest BCUT2D eigenvalue weighted by Crippen LogP contribution is -2.31. The van der Waals surface area contributed by atoms with Crippen molar-refractivity contribution in [1.29, 1.82) is 0 Å². The number of carbonyl (C=O) groups is 2. The maximum atomic E-state index is 12.2. The Morgan fingerprint density at radius 3 is 2.73 bits per heavy atom. The van der Waals surface area contributed by atoms with Crippen molar-refractivity contribution < 1.29 is 14.3 Å². The van der Waals surface area contributed by atoms with Crippen LogP contribution in [-0.2, 0) is 9.53 Å². The molecule has 0 radical (unpaired) electrons. The molecule has 1 N–H and O–H groups in total. The van der Waals surface area contributed by atoms with E-state index in [1.165, 1.54) is 11.3 Å². The first-order valence-electron chi connectivity index (χ1n) is 7.99. The van der Waals surface area contributed by atoms with E-state index in [1.807, 2.05) is 5.38 Å². The summed E-state index contributed by atoms with van der Waals surface area (Å²) in [4.78, 5) is 26.6. The third kappa shape index (κ3) is 3.50. The van der Waals surface area contributed by atoms with E-state index in [1.54, 1.807) is 6.92 Å². The molecule has 0 aromatic carbocycles. The highest BCUT2D eigenvalue weighted by Gasteiger charge is 2.32. The molecule has 0 bridgehead atoms. The number of nitrogens with zero attached hydrogens (tertiary/aromatic N) is 1. The highest BCUT2D eigenvalue weighted by atomic mass is 32.1. The van der Waals surface area contributed by atoms with Gasteiger partial charge in [0.1, 0.15) is 5.00 Å². The number of rotatable bonds is 6. The lowest BCUT2D eigenvalue weighted by atomic mass is 10.1. The molecule has 1 aromatic heterocycles. The lowest BCUT2D eigenvalue weighted by molar-refractivity contribution is -0.117. The van der Waals surface area contributed by atoms with E-state index in [2.05, 4.69) is 10.2 Å². The van der Waals surface area contributed by atoms with Crippen molar-refractivity contribution in [3.05, 3.63) is 16.5 Å². The summed E-state index contributed by atoms with van der Waals surface area (Å²) in [5, 5.41) is 5.56. The van der Waals surface area contributed by atoms with Gasteiger partial charge in [-0.2, -0.15) is 0 Å². The third-order valence-electron chi connectivity index (χ3n) is 4.14. The summed E-state index contributed by atoms with van der Waals surface area (Å²) in [7, 11) is 0. The van der Waals surface area contributed by atoms with Gasteiger partial charge >= 0.3 is 5.97 Å². The molecule has 1 amide bonds. The minimum Gasteiger partial charge on any atom is -0.462 e. The summed E-state index contributed by atoms with van der Waals surface area (Å²) in [6.45, 7) is 4.51. The molecule has 1 saturated heterocycles. The minimum atomic E-state index is -0.317. The number of carbonyl (C=O) groups excluding carboxylic acids is 2. The van der Waals surface area contributed by atoms with Crippen LogP contribution in [0.15, 0.2) is 5.38 Å². The number of amides is 1. The second-order valence-corrected chi connectivity index (χ2v) is 6.80. The molecule has 1 aliphatic carbocycles. The topological polar surface area (TPSA) is 58.6 Å². The molecule has 2 aliphatic rings. The second kappa shape index (κ2) is 6.79. The largest absolute Gasteiger partial charge is 0.462 e. The smallest absolute Gasteiger partial charge is 0.341 e. The molecule has 3 rings (SSSR count). The fourth-order valence-corrected chi connectivity index (χ4v) is 3.93. The molecule has 0 atom stereocenters. The molecule has 6 heteroatoms. The van der Waals surface area contributed by atoms with Gasteiger partial charge in [0.25, 0.3) is 0 Å². The average Bonchev–Trinajstić information content (AvgIpc) is 3.04. The molecular weight excluding hydrogens is 300 g/mol. The SMILES string of the molecule is CCOC(=O)c1c(C2CC2)csc1NC(=O)CN1CCCC1. The van der Waals surface area contributed by atoms with Gasteiger partial charge in [0.15, 0.2) is 0 Å². The number of hydrogen-bond acceptors (Lipinski definition) is 5. The van der Waals surface area contributed by atoms with Gasteiger partial charge in [-0.05, 0) is 62.6 Å². The first kappa shape index (κ1) is 15.5. The number of ether oxygens (including phenoxy) is 1. The van der Waals surface area contributed by atoms with E-state index in [0.29, 0.717) is 29.6 Å². The van der Waals surface area contributed by atoms with E-state index in [4.69, 9.17) is 4.74 Å². The van der Waals surface area contributed by atoms with Gasteiger partial charge in [-0.15, -0.1) is 11.3 Å². The first-order chi connectivity index (χ1) is 10.7. The van der Waals surface area contributed by atoms with E-state index >= 15 is 0 Å². The second-order valence-electron chi connectivity index (χ2n) is 5.92. The Labute approximate surface area is 134 Å². The van der Waals surface area contributed by atoms with Gasteiger partial charge in [-0.1, -0.05) is 0 Å². The van der Waals surface area contributed by atoms with Crippen molar-refractivity contribution in [3.8, 4) is 0 Å². The fourth-order valence-electron chi connectivity index (χ4n) is 2.88. The summed E-state index contributed by atoms with van der Waals surface area (Å²) in [5.41, 5.74) is 1.61. The highest BCUT2D eigenvalue weighted by Crippen LogP contribution is 2.46. The summed E-state index contributed by atoms with van der Waals surface area (Å²) in [6, 6.07) is 0. The zero-order chi connectivity index (χ0) is 15.5. The summed E-state index contributed by atoms with van der Waals surface area (Å²) in [6.07, 6.45) is 4.55. The molecule has 2 fully saturated rings. The molecule has 2 heterocycles. The molecule has 0 unspecified atom stereocenters. The van der Waals surface area contributed by atoms with E-state index < -0.39 is 0 Å². The number of likely N-dealkylation sites (tertiary alicyclic amines) is 1. The average molecular weight is 322 g/mol. The van der Waals surface area contributed by atoms with Crippen LogP contribution in [0.5, 0.6) is 0 Å². The Morgan fingerprint density at radius 2 is 2.09 bits per heavy atom. The van der Waals surface area contributed by atoms with Crippen LogP contribution in [0.3, 0.4) is 0 Å². The monoisotopic (exact) mass is 322 g/mol. The maximum absolute atomic E-state index is 12.2. The molecular formula is C16H22N2O3S. The van der Waals surface area contributed by atoms with E-state index in [0.717, 1.165) is 44.3 Å². The van der Waals surface area contributed by atoms with Crippen molar-refractivity contribution in [1.82, 2.24) is 4.90 Å². The summed E-state index contributed by atoms with van der Waals surface area (Å²) in [5.74, 6) is 0.0960. The Morgan fingerprint density at radius 1 is 1.36 bits per heavy atom. The Balaban J connectivity index is 1.71. The van der Waals surface area contributed by atoms with Crippen LogP contribution in [-0.4, -0.2) is 43.0 Å². The molecule has 5 nitrogen and oxygen atoms in total. The minimum absolute atomic E-state index is 0.0448. The zero-order valence-corrected chi connectivity index (χ0v) is 13.7. The molecule has 1 saturated carbocycles. The fraction of sp³-hybridized carbons (Fsp3) is 0.625. The van der Waals surface area contributed by atoms with E-state index in [9.17, 15) is 9.59 Å². The number of nitrogens with one attached hydrogen (secondary N) is 1. The predicted octanol–water partition coefficient (Wildman–Crippen LogP) is 2.84. The summed E-state index contributed by atoms with van der Waals surface area (Å²) < 4.78 is 5.17. The van der Waals surface area contributed by atoms with Crippen LogP contribution < -0.4 is 5.32 Å². The van der Waals surface area contributed by atoms with Crippen LogP contribution in [0, 0.1) is 0 Å². The Kier molecular flexibility index (Phi) is 4.78. The van der Waals surface area contributed by atoms with Gasteiger partial charge in [-0.3, -0.25) is 9.69 Å². The van der Waals surface area contributed by atoms with Gasteiger partial charge in [0, 0.05) is 0 Å². The maximum Gasteiger partial charge on any atom is 0.341 e. The molecule has 22 heavy (non-hydrogen) atoms. The zero-order valence-electron chi connectivity index (χ0n) is 12.9. The summed E-state index contributed by atoms with van der Waals surface area (Å²) >= 11 is 1.43. The van der Waals surface area contributed by atoms with Gasteiger partial charge in [-0.25, -0.2) is 4.79 Å². The van der Waals surface area contributed by atoms with Crippen LogP contribution in [0.4, 0.5) is 5.00 Å².